The minimum atomic E-state index is -0.694. The zero-order valence-electron chi connectivity index (χ0n) is 18.7. The molecule has 1 amide bonds. The number of nitrogens with one attached hydrogen (secondary N) is 1. The van der Waals surface area contributed by atoms with Gasteiger partial charge in [0, 0.05) is 31.8 Å². The third-order valence-electron chi connectivity index (χ3n) is 5.30. The van der Waals surface area contributed by atoms with Crippen molar-refractivity contribution < 1.29 is 23.7 Å². The topological polar surface area (TPSA) is 121 Å². The number of fused-ring (bicyclic) bond motifs is 1. The van der Waals surface area contributed by atoms with E-state index in [1.165, 1.54) is 0 Å². The number of methoxy groups -OCH3 is 2. The molecule has 0 unspecified atom stereocenters. The summed E-state index contributed by atoms with van der Waals surface area (Å²) in [4.78, 5) is 23.3. The molecule has 0 saturated carbocycles. The molecule has 1 aliphatic rings. The van der Waals surface area contributed by atoms with E-state index in [-0.39, 0.29) is 11.5 Å². The fourth-order valence-electron chi connectivity index (χ4n) is 3.58. The molecular weight excluding hydrogens is 426 g/mol. The van der Waals surface area contributed by atoms with Crippen molar-refractivity contribution in [3.63, 3.8) is 0 Å². The monoisotopic (exact) mass is 453 g/mol. The lowest BCUT2D eigenvalue weighted by atomic mass is 10.2. The standard InChI is InChI=1S/C23H27N5O5/c1-30-15-13-18(21(19(14-15)31-2)33-12-9-28-7-10-32-11-8-28)27-23-20(22(24)29)25-16-5-3-4-6-17(16)26-23/h3-6,13-14H,7-12H2,1-2H3,(H2,24,29)(H,26,27). The number of anilines is 2. The van der Waals surface area contributed by atoms with Crippen LogP contribution in [0.1, 0.15) is 10.5 Å². The fourth-order valence-corrected chi connectivity index (χ4v) is 3.58. The SMILES string of the molecule is COc1cc(Nc2nc3ccccc3nc2C(N)=O)c(OCCN2CCOCC2)c(OC)c1. The van der Waals surface area contributed by atoms with E-state index in [0.717, 1.165) is 32.8 Å². The molecule has 0 aliphatic carbocycles. The Morgan fingerprint density at radius 2 is 1.85 bits per heavy atom. The number of carbonyl (C=O) groups is 1. The lowest BCUT2D eigenvalue weighted by Gasteiger charge is -2.26. The molecule has 1 fully saturated rings. The molecule has 2 aromatic carbocycles. The van der Waals surface area contributed by atoms with Gasteiger partial charge in [0.25, 0.3) is 5.91 Å². The molecule has 0 bridgehead atoms. The summed E-state index contributed by atoms with van der Waals surface area (Å²) in [6.45, 7) is 4.33. The predicted octanol–water partition coefficient (Wildman–Crippen LogP) is 2.20. The predicted molar refractivity (Wildman–Crippen MR) is 124 cm³/mol. The van der Waals surface area contributed by atoms with Gasteiger partial charge in [-0.2, -0.15) is 0 Å². The van der Waals surface area contributed by atoms with Gasteiger partial charge in [0.15, 0.2) is 23.0 Å². The number of benzene rings is 2. The summed E-state index contributed by atoms with van der Waals surface area (Å²) >= 11 is 0. The summed E-state index contributed by atoms with van der Waals surface area (Å²) < 4.78 is 22.5. The molecule has 1 saturated heterocycles. The first-order chi connectivity index (χ1) is 16.1. The Bertz CT molecular complexity index is 1130. The Morgan fingerprint density at radius 1 is 1.12 bits per heavy atom. The zero-order chi connectivity index (χ0) is 23.2. The summed E-state index contributed by atoms with van der Waals surface area (Å²) in [6.07, 6.45) is 0. The molecule has 4 rings (SSSR count). The number of morpholine rings is 1. The number of primary amides is 1. The van der Waals surface area contributed by atoms with Gasteiger partial charge in [-0.1, -0.05) is 12.1 Å². The van der Waals surface area contributed by atoms with Gasteiger partial charge in [0.05, 0.1) is 44.2 Å². The molecule has 0 radical (unpaired) electrons. The highest BCUT2D eigenvalue weighted by Crippen LogP contribution is 2.41. The van der Waals surface area contributed by atoms with E-state index in [9.17, 15) is 4.79 Å². The van der Waals surface area contributed by atoms with Crippen molar-refractivity contribution in [3.8, 4) is 17.2 Å². The molecule has 174 valence electrons. The number of aromatic nitrogens is 2. The summed E-state index contributed by atoms with van der Waals surface area (Å²) in [5, 5.41) is 3.16. The first-order valence-electron chi connectivity index (χ1n) is 10.6. The molecule has 3 N–H and O–H groups in total. The second kappa shape index (κ2) is 10.3. The van der Waals surface area contributed by atoms with Crippen LogP contribution < -0.4 is 25.3 Å². The van der Waals surface area contributed by atoms with Crippen molar-refractivity contribution >= 4 is 28.4 Å². The Balaban J connectivity index is 1.67. The highest BCUT2D eigenvalue weighted by molar-refractivity contribution is 5.98. The molecule has 1 aliphatic heterocycles. The van der Waals surface area contributed by atoms with E-state index in [0.29, 0.717) is 40.6 Å². The third kappa shape index (κ3) is 5.24. The average molecular weight is 453 g/mol. The van der Waals surface area contributed by atoms with Gasteiger partial charge in [-0.15, -0.1) is 0 Å². The summed E-state index contributed by atoms with van der Waals surface area (Å²) in [7, 11) is 3.11. The van der Waals surface area contributed by atoms with Crippen LogP contribution in [0.2, 0.25) is 0 Å². The van der Waals surface area contributed by atoms with E-state index in [2.05, 4.69) is 20.2 Å². The Hall–Kier alpha value is -3.63. The van der Waals surface area contributed by atoms with Crippen molar-refractivity contribution in [1.29, 1.82) is 0 Å². The van der Waals surface area contributed by atoms with Crippen LogP contribution in [0.4, 0.5) is 11.5 Å². The van der Waals surface area contributed by atoms with Gasteiger partial charge in [-0.05, 0) is 12.1 Å². The Labute approximate surface area is 191 Å². The smallest absolute Gasteiger partial charge is 0.271 e. The maximum absolute atomic E-state index is 12.1. The average Bonchev–Trinajstić information content (AvgIpc) is 2.84. The van der Waals surface area contributed by atoms with Crippen LogP contribution >= 0.6 is 0 Å². The number of carbonyl (C=O) groups excluding carboxylic acids is 1. The van der Waals surface area contributed by atoms with Crippen LogP contribution in [0.3, 0.4) is 0 Å². The van der Waals surface area contributed by atoms with Crippen LogP contribution in [-0.2, 0) is 4.74 Å². The van der Waals surface area contributed by atoms with E-state index in [1.54, 1.807) is 32.4 Å². The quantitative estimate of drug-likeness (QED) is 0.502. The normalized spacial score (nSPS) is 14.1. The number of nitrogens with zero attached hydrogens (tertiary/aromatic N) is 3. The highest BCUT2D eigenvalue weighted by Gasteiger charge is 2.20. The lowest BCUT2D eigenvalue weighted by Crippen LogP contribution is -2.38. The molecule has 1 aromatic heterocycles. The van der Waals surface area contributed by atoms with Gasteiger partial charge in [0.2, 0.25) is 0 Å². The van der Waals surface area contributed by atoms with Crippen molar-refractivity contribution in [2.75, 3.05) is 59.0 Å². The first kappa shape index (κ1) is 22.6. The molecule has 3 aromatic rings. The van der Waals surface area contributed by atoms with Gasteiger partial charge < -0.3 is 30.0 Å². The van der Waals surface area contributed by atoms with Crippen molar-refractivity contribution in [2.24, 2.45) is 5.73 Å². The van der Waals surface area contributed by atoms with Crippen LogP contribution in [0.5, 0.6) is 17.2 Å². The zero-order valence-corrected chi connectivity index (χ0v) is 18.7. The molecule has 0 atom stereocenters. The van der Waals surface area contributed by atoms with E-state index < -0.39 is 5.91 Å². The third-order valence-corrected chi connectivity index (χ3v) is 5.30. The van der Waals surface area contributed by atoms with E-state index in [4.69, 9.17) is 24.7 Å². The number of ether oxygens (including phenoxy) is 4. The maximum atomic E-state index is 12.1. The number of amides is 1. The number of para-hydroxylation sites is 2. The number of rotatable bonds is 9. The second-order valence-electron chi connectivity index (χ2n) is 7.41. The minimum absolute atomic E-state index is 0.0229. The van der Waals surface area contributed by atoms with E-state index in [1.807, 2.05) is 18.2 Å². The second-order valence-corrected chi connectivity index (χ2v) is 7.41. The highest BCUT2D eigenvalue weighted by atomic mass is 16.5. The van der Waals surface area contributed by atoms with Crippen LogP contribution in [0.25, 0.3) is 11.0 Å². The summed E-state index contributed by atoms with van der Waals surface area (Å²) in [6, 6.07) is 10.7. The van der Waals surface area contributed by atoms with Crippen molar-refractivity contribution in [2.45, 2.75) is 0 Å². The summed E-state index contributed by atoms with van der Waals surface area (Å²) in [5.41, 5.74) is 7.32. The maximum Gasteiger partial charge on any atom is 0.271 e. The van der Waals surface area contributed by atoms with Crippen molar-refractivity contribution in [3.05, 3.63) is 42.1 Å². The number of hydrogen-bond donors (Lipinski definition) is 2. The molecule has 33 heavy (non-hydrogen) atoms. The molecule has 10 nitrogen and oxygen atoms in total. The van der Waals surface area contributed by atoms with Crippen LogP contribution in [0.15, 0.2) is 36.4 Å². The fraction of sp³-hybridized carbons (Fsp3) is 0.348. The molecular formula is C23H27N5O5. The van der Waals surface area contributed by atoms with Gasteiger partial charge >= 0.3 is 0 Å². The number of hydrogen-bond acceptors (Lipinski definition) is 9. The van der Waals surface area contributed by atoms with Gasteiger partial charge in [-0.3, -0.25) is 9.69 Å². The Kier molecular flexibility index (Phi) is 7.06. The Morgan fingerprint density at radius 3 is 2.52 bits per heavy atom. The van der Waals surface area contributed by atoms with Crippen LogP contribution in [-0.4, -0.2) is 74.4 Å². The first-order valence-corrected chi connectivity index (χ1v) is 10.6. The van der Waals surface area contributed by atoms with Crippen LogP contribution in [0, 0.1) is 0 Å². The molecule has 0 spiro atoms. The van der Waals surface area contributed by atoms with Gasteiger partial charge in [0.1, 0.15) is 12.4 Å². The van der Waals surface area contributed by atoms with E-state index >= 15 is 0 Å². The number of nitrogens with two attached hydrogens (primary N) is 1. The van der Waals surface area contributed by atoms with Gasteiger partial charge in [-0.25, -0.2) is 9.97 Å². The van der Waals surface area contributed by atoms with Crippen molar-refractivity contribution in [1.82, 2.24) is 14.9 Å². The minimum Gasteiger partial charge on any atom is -0.497 e. The molecule has 10 heteroatoms. The largest absolute Gasteiger partial charge is 0.497 e. The lowest BCUT2D eigenvalue weighted by molar-refractivity contribution is 0.0321. The summed E-state index contributed by atoms with van der Waals surface area (Å²) in [5.74, 6) is 1.02. The molecule has 2 heterocycles.